The molecule has 0 aliphatic carbocycles. The highest BCUT2D eigenvalue weighted by molar-refractivity contribution is 5.80. The molecule has 1 aliphatic rings. The first-order valence-corrected chi connectivity index (χ1v) is 4.26. The summed E-state index contributed by atoms with van der Waals surface area (Å²) in [4.78, 5) is 12.8. The number of carbonyl (C=O) groups is 1. The van der Waals surface area contributed by atoms with E-state index in [9.17, 15) is 4.79 Å². The molecule has 4 nitrogen and oxygen atoms in total. The fourth-order valence-electron chi connectivity index (χ4n) is 1.56. The van der Waals surface area contributed by atoms with Crippen molar-refractivity contribution in [2.45, 2.75) is 31.9 Å². The molecule has 1 saturated heterocycles. The van der Waals surface area contributed by atoms with Gasteiger partial charge in [-0.3, -0.25) is 4.79 Å². The van der Waals surface area contributed by atoms with E-state index in [0.29, 0.717) is 6.54 Å². The summed E-state index contributed by atoms with van der Waals surface area (Å²) in [5.41, 5.74) is 0. The van der Waals surface area contributed by atoms with Crippen LogP contribution in [-0.2, 0) is 4.79 Å². The van der Waals surface area contributed by atoms with E-state index in [1.165, 1.54) is 6.92 Å². The lowest BCUT2D eigenvalue weighted by atomic mass is 10.2. The number of aliphatic hydroxyl groups excluding tert-OH is 2. The van der Waals surface area contributed by atoms with Crippen molar-refractivity contribution in [1.82, 2.24) is 4.90 Å². The van der Waals surface area contributed by atoms with Crippen molar-refractivity contribution in [3.05, 3.63) is 0 Å². The average Bonchev–Trinajstić information content (AvgIpc) is 2.49. The Balaban J connectivity index is 2.55. The molecule has 0 bridgehead atoms. The van der Waals surface area contributed by atoms with Gasteiger partial charge < -0.3 is 15.1 Å². The lowest BCUT2D eigenvalue weighted by molar-refractivity contribution is -0.140. The Morgan fingerprint density at radius 2 is 2.42 bits per heavy atom. The van der Waals surface area contributed by atoms with Gasteiger partial charge in [0, 0.05) is 6.54 Å². The molecule has 12 heavy (non-hydrogen) atoms. The van der Waals surface area contributed by atoms with Crippen LogP contribution in [0.15, 0.2) is 0 Å². The second-order valence-corrected chi connectivity index (χ2v) is 3.19. The average molecular weight is 173 g/mol. The normalized spacial score (nSPS) is 25.9. The van der Waals surface area contributed by atoms with E-state index >= 15 is 0 Å². The molecule has 1 rings (SSSR count). The molecule has 0 aromatic carbocycles. The Kier molecular flexibility index (Phi) is 3.05. The number of nitrogens with zero attached hydrogens (tertiary/aromatic N) is 1. The summed E-state index contributed by atoms with van der Waals surface area (Å²) in [5, 5.41) is 17.9. The molecule has 0 aromatic rings. The van der Waals surface area contributed by atoms with Crippen LogP contribution in [0.3, 0.4) is 0 Å². The lowest BCUT2D eigenvalue weighted by Crippen LogP contribution is -2.42. The highest BCUT2D eigenvalue weighted by Gasteiger charge is 2.29. The molecular weight excluding hydrogens is 158 g/mol. The topological polar surface area (TPSA) is 60.8 Å². The number of carbonyl (C=O) groups excluding carboxylic acids is 1. The van der Waals surface area contributed by atoms with Gasteiger partial charge in [-0.05, 0) is 19.8 Å². The number of aliphatic hydroxyl groups is 2. The van der Waals surface area contributed by atoms with Gasteiger partial charge in [0.1, 0.15) is 6.10 Å². The van der Waals surface area contributed by atoms with Gasteiger partial charge in [-0.25, -0.2) is 0 Å². The van der Waals surface area contributed by atoms with Crippen molar-refractivity contribution in [1.29, 1.82) is 0 Å². The number of likely N-dealkylation sites (tertiary alicyclic amines) is 1. The number of amides is 1. The van der Waals surface area contributed by atoms with E-state index < -0.39 is 6.10 Å². The Morgan fingerprint density at radius 1 is 1.75 bits per heavy atom. The zero-order valence-corrected chi connectivity index (χ0v) is 7.23. The lowest BCUT2D eigenvalue weighted by Gasteiger charge is -2.24. The molecule has 2 unspecified atom stereocenters. The predicted molar refractivity (Wildman–Crippen MR) is 43.5 cm³/mol. The van der Waals surface area contributed by atoms with Crippen LogP contribution in [-0.4, -0.2) is 46.3 Å². The van der Waals surface area contributed by atoms with Crippen molar-refractivity contribution >= 4 is 5.91 Å². The van der Waals surface area contributed by atoms with E-state index in [2.05, 4.69) is 0 Å². The monoisotopic (exact) mass is 173 g/mol. The van der Waals surface area contributed by atoms with Crippen LogP contribution in [0.5, 0.6) is 0 Å². The summed E-state index contributed by atoms with van der Waals surface area (Å²) < 4.78 is 0. The fourth-order valence-corrected chi connectivity index (χ4v) is 1.56. The maximum Gasteiger partial charge on any atom is 0.251 e. The summed E-state index contributed by atoms with van der Waals surface area (Å²) in [6.45, 7) is 2.11. The first-order valence-electron chi connectivity index (χ1n) is 4.26. The van der Waals surface area contributed by atoms with Gasteiger partial charge in [0.25, 0.3) is 5.91 Å². The van der Waals surface area contributed by atoms with Gasteiger partial charge >= 0.3 is 0 Å². The van der Waals surface area contributed by atoms with Gasteiger partial charge in [-0.2, -0.15) is 0 Å². The van der Waals surface area contributed by atoms with Gasteiger partial charge in [-0.15, -0.1) is 0 Å². The zero-order chi connectivity index (χ0) is 9.14. The molecule has 1 amide bonds. The highest BCUT2D eigenvalue weighted by Crippen LogP contribution is 2.17. The van der Waals surface area contributed by atoms with Crippen molar-refractivity contribution in [2.24, 2.45) is 0 Å². The largest absolute Gasteiger partial charge is 0.394 e. The third-order valence-electron chi connectivity index (χ3n) is 2.23. The van der Waals surface area contributed by atoms with E-state index in [0.717, 1.165) is 12.8 Å². The first kappa shape index (κ1) is 9.48. The van der Waals surface area contributed by atoms with Crippen molar-refractivity contribution in [3.63, 3.8) is 0 Å². The molecule has 1 heterocycles. The van der Waals surface area contributed by atoms with Crippen molar-refractivity contribution in [3.8, 4) is 0 Å². The molecule has 0 saturated carbocycles. The number of hydrogen-bond donors (Lipinski definition) is 2. The minimum atomic E-state index is -0.947. The fraction of sp³-hybridized carbons (Fsp3) is 0.875. The Morgan fingerprint density at radius 3 is 2.92 bits per heavy atom. The Hall–Kier alpha value is -0.610. The van der Waals surface area contributed by atoms with Crippen LogP contribution >= 0.6 is 0 Å². The van der Waals surface area contributed by atoms with E-state index in [1.54, 1.807) is 4.90 Å². The summed E-state index contributed by atoms with van der Waals surface area (Å²) in [6, 6.07) is -0.0768. The summed E-state index contributed by atoms with van der Waals surface area (Å²) in [6.07, 6.45) is 0.815. The first-order chi connectivity index (χ1) is 5.66. The van der Waals surface area contributed by atoms with Crippen molar-refractivity contribution in [2.75, 3.05) is 13.2 Å². The maximum absolute atomic E-state index is 11.3. The highest BCUT2D eigenvalue weighted by atomic mass is 16.3. The second-order valence-electron chi connectivity index (χ2n) is 3.19. The van der Waals surface area contributed by atoms with Crippen LogP contribution in [0.25, 0.3) is 0 Å². The molecule has 2 atom stereocenters. The Bertz CT molecular complexity index is 170. The Labute approximate surface area is 71.8 Å². The van der Waals surface area contributed by atoms with Crippen LogP contribution < -0.4 is 0 Å². The SMILES string of the molecule is CC(O)C(=O)N1CCCC1CO. The van der Waals surface area contributed by atoms with Crippen LogP contribution in [0.2, 0.25) is 0 Å². The molecule has 0 aromatic heterocycles. The molecule has 4 heteroatoms. The standard InChI is InChI=1S/C8H15NO3/c1-6(11)8(12)9-4-2-3-7(9)5-10/h6-7,10-11H,2-5H2,1H3. The minimum absolute atomic E-state index is 0.00153. The molecule has 0 spiro atoms. The minimum Gasteiger partial charge on any atom is -0.394 e. The molecule has 70 valence electrons. The smallest absolute Gasteiger partial charge is 0.251 e. The molecule has 1 aliphatic heterocycles. The summed E-state index contributed by atoms with van der Waals surface area (Å²) in [7, 11) is 0. The van der Waals surface area contributed by atoms with Gasteiger partial charge in [-0.1, -0.05) is 0 Å². The van der Waals surface area contributed by atoms with Crippen LogP contribution in [0, 0.1) is 0 Å². The van der Waals surface area contributed by atoms with Crippen LogP contribution in [0.4, 0.5) is 0 Å². The predicted octanol–water partition coefficient (Wildman–Crippen LogP) is -0.650. The van der Waals surface area contributed by atoms with Crippen LogP contribution in [0.1, 0.15) is 19.8 Å². The van der Waals surface area contributed by atoms with Gasteiger partial charge in [0.15, 0.2) is 0 Å². The molecule has 2 N–H and O–H groups in total. The third kappa shape index (κ3) is 1.76. The maximum atomic E-state index is 11.3. The van der Waals surface area contributed by atoms with E-state index in [4.69, 9.17) is 10.2 Å². The summed E-state index contributed by atoms with van der Waals surface area (Å²) >= 11 is 0. The third-order valence-corrected chi connectivity index (χ3v) is 2.23. The quantitative estimate of drug-likeness (QED) is 0.583. The molecule has 1 fully saturated rings. The summed E-state index contributed by atoms with van der Waals surface area (Å²) in [5.74, 6) is -0.272. The zero-order valence-electron chi connectivity index (χ0n) is 7.23. The number of rotatable bonds is 2. The van der Waals surface area contributed by atoms with Gasteiger partial charge in [0.05, 0.1) is 12.6 Å². The molecule has 0 radical (unpaired) electrons. The van der Waals surface area contributed by atoms with E-state index in [1.807, 2.05) is 0 Å². The van der Waals surface area contributed by atoms with Gasteiger partial charge in [0.2, 0.25) is 0 Å². The molecular formula is C8H15NO3. The second kappa shape index (κ2) is 3.87. The number of hydrogen-bond acceptors (Lipinski definition) is 3. The van der Waals surface area contributed by atoms with Crippen molar-refractivity contribution < 1.29 is 15.0 Å². The van der Waals surface area contributed by atoms with E-state index in [-0.39, 0.29) is 18.6 Å².